The second-order valence-electron chi connectivity index (χ2n) is 2.64. The van der Waals surface area contributed by atoms with Gasteiger partial charge in [-0.1, -0.05) is 18.2 Å². The SMILES string of the molecule is C=O.Cc1cccc(C)c1O.NC(N)=O. The molecule has 0 spiro atoms. The van der Waals surface area contributed by atoms with Gasteiger partial charge in [0.1, 0.15) is 12.5 Å². The van der Waals surface area contributed by atoms with E-state index in [4.69, 9.17) is 9.59 Å². The van der Waals surface area contributed by atoms with E-state index in [9.17, 15) is 5.11 Å². The third-order valence-corrected chi connectivity index (χ3v) is 1.44. The number of hydrogen-bond acceptors (Lipinski definition) is 3. The van der Waals surface area contributed by atoms with Gasteiger partial charge in [-0.3, -0.25) is 0 Å². The summed E-state index contributed by atoms with van der Waals surface area (Å²) < 4.78 is 0. The minimum atomic E-state index is -0.833. The van der Waals surface area contributed by atoms with Gasteiger partial charge in [-0.15, -0.1) is 0 Å². The van der Waals surface area contributed by atoms with Crippen LogP contribution in [0.3, 0.4) is 0 Å². The van der Waals surface area contributed by atoms with Gasteiger partial charge in [0.05, 0.1) is 0 Å². The number of rotatable bonds is 0. The highest BCUT2D eigenvalue weighted by molar-refractivity contribution is 5.69. The van der Waals surface area contributed by atoms with Crippen molar-refractivity contribution in [1.82, 2.24) is 0 Å². The van der Waals surface area contributed by atoms with Gasteiger partial charge in [-0.2, -0.15) is 0 Å². The average Bonchev–Trinajstić information content (AvgIpc) is 2.16. The normalized spacial score (nSPS) is 7.60. The van der Waals surface area contributed by atoms with Gasteiger partial charge >= 0.3 is 6.03 Å². The number of hydrogen-bond donors (Lipinski definition) is 3. The van der Waals surface area contributed by atoms with Gasteiger partial charge in [0.25, 0.3) is 0 Å². The number of aromatic hydroxyl groups is 1. The van der Waals surface area contributed by atoms with E-state index in [1.807, 2.05) is 38.8 Å². The Morgan fingerprint density at radius 3 is 1.67 bits per heavy atom. The number of benzene rings is 1. The highest BCUT2D eigenvalue weighted by Crippen LogP contribution is 2.19. The van der Waals surface area contributed by atoms with E-state index in [2.05, 4.69) is 11.5 Å². The fourth-order valence-corrected chi connectivity index (χ4v) is 0.806. The summed E-state index contributed by atoms with van der Waals surface area (Å²) in [5, 5.41) is 9.21. The molecule has 0 heterocycles. The van der Waals surface area contributed by atoms with Gasteiger partial charge in [-0.05, 0) is 25.0 Å². The zero-order valence-corrected chi connectivity index (χ0v) is 8.86. The fourth-order valence-electron chi connectivity index (χ4n) is 0.806. The zero-order chi connectivity index (χ0) is 12.4. The second-order valence-corrected chi connectivity index (χ2v) is 2.64. The van der Waals surface area contributed by atoms with Crippen LogP contribution in [0.5, 0.6) is 5.75 Å². The molecule has 5 nitrogen and oxygen atoms in total. The number of urea groups is 1. The van der Waals surface area contributed by atoms with Crippen molar-refractivity contribution in [3.05, 3.63) is 29.3 Å². The first-order valence-electron chi connectivity index (χ1n) is 4.04. The summed E-state index contributed by atoms with van der Waals surface area (Å²) in [4.78, 5) is 17.0. The summed E-state index contributed by atoms with van der Waals surface area (Å²) in [7, 11) is 0. The maximum Gasteiger partial charge on any atom is 0.309 e. The lowest BCUT2D eigenvalue weighted by molar-refractivity contribution is -0.0979. The quantitative estimate of drug-likeness (QED) is 0.593. The molecule has 0 unspecified atom stereocenters. The molecule has 5 heteroatoms. The van der Waals surface area contributed by atoms with Crippen molar-refractivity contribution in [3.63, 3.8) is 0 Å². The van der Waals surface area contributed by atoms with E-state index in [1.54, 1.807) is 0 Å². The Morgan fingerprint density at radius 2 is 1.47 bits per heavy atom. The molecule has 84 valence electrons. The molecule has 0 bridgehead atoms. The Morgan fingerprint density at radius 1 is 1.20 bits per heavy atom. The van der Waals surface area contributed by atoms with Gasteiger partial charge in [-0.25, -0.2) is 4.79 Å². The molecule has 1 rings (SSSR count). The molecule has 1 aromatic rings. The number of para-hydroxylation sites is 1. The third-order valence-electron chi connectivity index (χ3n) is 1.44. The molecule has 0 radical (unpaired) electrons. The number of carbonyl (C=O) groups is 2. The first-order chi connectivity index (χ1) is 6.95. The van der Waals surface area contributed by atoms with Crippen molar-refractivity contribution in [2.75, 3.05) is 0 Å². The summed E-state index contributed by atoms with van der Waals surface area (Å²) in [6.07, 6.45) is 0. The number of carbonyl (C=O) groups excluding carboxylic acids is 2. The monoisotopic (exact) mass is 212 g/mol. The molecule has 5 N–H and O–H groups in total. The topological polar surface area (TPSA) is 106 Å². The van der Waals surface area contributed by atoms with Crippen molar-refractivity contribution in [3.8, 4) is 5.75 Å². The fraction of sp³-hybridized carbons (Fsp3) is 0.200. The molecular weight excluding hydrogens is 196 g/mol. The van der Waals surface area contributed by atoms with Gasteiger partial charge in [0.15, 0.2) is 0 Å². The summed E-state index contributed by atoms with van der Waals surface area (Å²) in [5.41, 5.74) is 10.4. The molecular formula is C10H16N2O3. The number of primary amides is 2. The molecule has 0 saturated heterocycles. The van der Waals surface area contributed by atoms with Crippen molar-refractivity contribution in [2.45, 2.75) is 13.8 Å². The van der Waals surface area contributed by atoms with E-state index in [1.165, 1.54) is 0 Å². The van der Waals surface area contributed by atoms with Crippen LogP contribution in [0.2, 0.25) is 0 Å². The van der Waals surface area contributed by atoms with Crippen LogP contribution in [0.25, 0.3) is 0 Å². The molecule has 0 aliphatic carbocycles. The Kier molecular flexibility index (Phi) is 8.80. The largest absolute Gasteiger partial charge is 0.507 e. The van der Waals surface area contributed by atoms with Crippen LogP contribution in [-0.4, -0.2) is 17.9 Å². The van der Waals surface area contributed by atoms with Crippen LogP contribution >= 0.6 is 0 Å². The average molecular weight is 212 g/mol. The summed E-state index contributed by atoms with van der Waals surface area (Å²) in [6, 6.07) is 4.88. The lowest BCUT2D eigenvalue weighted by atomic mass is 10.1. The number of amides is 2. The van der Waals surface area contributed by atoms with Crippen LogP contribution in [-0.2, 0) is 4.79 Å². The molecule has 0 aliphatic rings. The van der Waals surface area contributed by atoms with Crippen molar-refractivity contribution < 1.29 is 14.7 Å². The van der Waals surface area contributed by atoms with Gasteiger partial charge < -0.3 is 21.4 Å². The molecule has 15 heavy (non-hydrogen) atoms. The van der Waals surface area contributed by atoms with Crippen LogP contribution < -0.4 is 11.5 Å². The van der Waals surface area contributed by atoms with E-state index >= 15 is 0 Å². The lowest BCUT2D eigenvalue weighted by Crippen LogP contribution is -2.18. The summed E-state index contributed by atoms with van der Waals surface area (Å²) >= 11 is 0. The van der Waals surface area contributed by atoms with E-state index in [-0.39, 0.29) is 0 Å². The Hall–Kier alpha value is -2.04. The lowest BCUT2D eigenvalue weighted by Gasteiger charge is -1.99. The standard InChI is InChI=1S/C8H10O.CH4N2O.CH2O/c1-6-4-3-5-7(2)8(6)9;2-1(3)4;1-2/h3-5,9H,1-2H3;(H4,2,3,4);1H2. The van der Waals surface area contributed by atoms with Gasteiger partial charge in [0.2, 0.25) is 0 Å². The van der Waals surface area contributed by atoms with Crippen molar-refractivity contribution in [2.24, 2.45) is 11.5 Å². The molecule has 2 amide bonds. The first-order valence-corrected chi connectivity index (χ1v) is 4.04. The minimum Gasteiger partial charge on any atom is -0.507 e. The van der Waals surface area contributed by atoms with Crippen LogP contribution in [0.1, 0.15) is 11.1 Å². The molecule has 0 aliphatic heterocycles. The third kappa shape index (κ3) is 8.29. The second kappa shape index (κ2) is 8.55. The Bertz CT molecular complexity index is 289. The van der Waals surface area contributed by atoms with E-state index in [0.29, 0.717) is 5.75 Å². The highest BCUT2D eigenvalue weighted by Gasteiger charge is 1.95. The Balaban J connectivity index is 0. The number of phenolic OH excluding ortho intramolecular Hbond substituents is 1. The molecule has 0 fully saturated rings. The molecule has 0 saturated carbocycles. The van der Waals surface area contributed by atoms with Crippen LogP contribution in [0.4, 0.5) is 4.79 Å². The predicted molar refractivity (Wildman–Crippen MR) is 58.5 cm³/mol. The molecule has 0 atom stereocenters. The number of nitrogens with two attached hydrogens (primary N) is 2. The van der Waals surface area contributed by atoms with E-state index in [0.717, 1.165) is 11.1 Å². The number of phenols is 1. The molecule has 1 aromatic carbocycles. The highest BCUT2D eigenvalue weighted by atomic mass is 16.3. The van der Waals surface area contributed by atoms with Crippen molar-refractivity contribution in [1.29, 1.82) is 0 Å². The summed E-state index contributed by atoms with van der Waals surface area (Å²) in [6.45, 7) is 5.78. The summed E-state index contributed by atoms with van der Waals surface area (Å²) in [5.74, 6) is 0.414. The zero-order valence-electron chi connectivity index (χ0n) is 8.86. The first kappa shape index (κ1) is 15.4. The smallest absolute Gasteiger partial charge is 0.309 e. The number of aryl methyl sites for hydroxylation is 2. The molecule has 0 aromatic heterocycles. The Labute approximate surface area is 88.7 Å². The van der Waals surface area contributed by atoms with E-state index < -0.39 is 6.03 Å². The predicted octanol–water partition coefficient (Wildman–Crippen LogP) is 0.848. The van der Waals surface area contributed by atoms with Gasteiger partial charge in [0, 0.05) is 0 Å². The maximum atomic E-state index is 9.21. The van der Waals surface area contributed by atoms with Crippen LogP contribution in [0.15, 0.2) is 18.2 Å². The van der Waals surface area contributed by atoms with Crippen molar-refractivity contribution >= 4 is 12.8 Å². The maximum absolute atomic E-state index is 9.21. The van der Waals surface area contributed by atoms with Crippen LogP contribution in [0, 0.1) is 13.8 Å². The minimum absolute atomic E-state index is 0.414.